The second-order valence-electron chi connectivity index (χ2n) is 3.15. The Balaban J connectivity index is 2.04. The van der Waals surface area contributed by atoms with Crippen LogP contribution in [-0.4, -0.2) is 15.9 Å². The summed E-state index contributed by atoms with van der Waals surface area (Å²) < 4.78 is 0. The van der Waals surface area contributed by atoms with Crippen LogP contribution in [0.4, 0.5) is 0 Å². The maximum Gasteiger partial charge on any atom is 0.251 e. The first-order valence-corrected chi connectivity index (χ1v) is 6.27. The number of rotatable bonds is 3. The van der Waals surface area contributed by atoms with E-state index in [2.05, 4.69) is 15.3 Å². The first-order chi connectivity index (χ1) is 8.15. The van der Waals surface area contributed by atoms with Crippen molar-refractivity contribution in [3.63, 3.8) is 0 Å². The molecule has 7 heteroatoms. The van der Waals surface area contributed by atoms with Crippen LogP contribution in [-0.2, 0) is 6.54 Å². The van der Waals surface area contributed by atoms with E-state index in [0.717, 1.165) is 4.88 Å². The van der Waals surface area contributed by atoms with Crippen LogP contribution in [0.3, 0.4) is 0 Å². The van der Waals surface area contributed by atoms with Crippen LogP contribution in [0.5, 0.6) is 0 Å². The molecule has 2 heterocycles. The molecule has 0 saturated carbocycles. The van der Waals surface area contributed by atoms with Crippen LogP contribution in [0.15, 0.2) is 23.8 Å². The van der Waals surface area contributed by atoms with Crippen LogP contribution < -0.4 is 5.32 Å². The second-order valence-corrected chi connectivity index (χ2v) is 4.90. The van der Waals surface area contributed by atoms with E-state index >= 15 is 0 Å². The first kappa shape index (κ1) is 12.3. The zero-order chi connectivity index (χ0) is 12.3. The van der Waals surface area contributed by atoms with Crippen molar-refractivity contribution >= 4 is 40.4 Å². The molecular weight excluding hydrogens is 281 g/mol. The number of nitrogens with one attached hydrogen (secondary N) is 1. The van der Waals surface area contributed by atoms with Crippen molar-refractivity contribution in [2.45, 2.75) is 6.54 Å². The SMILES string of the molecule is O=C(NCc1cncs1)c1cc(Cl)nc(Cl)c1. The van der Waals surface area contributed by atoms with E-state index in [1.54, 1.807) is 11.7 Å². The maximum absolute atomic E-state index is 11.8. The molecule has 4 nitrogen and oxygen atoms in total. The van der Waals surface area contributed by atoms with Crippen LogP contribution in [0.1, 0.15) is 15.2 Å². The number of halogens is 2. The second kappa shape index (κ2) is 5.44. The average molecular weight is 288 g/mol. The van der Waals surface area contributed by atoms with Crippen LogP contribution in [0, 0.1) is 0 Å². The van der Waals surface area contributed by atoms with Gasteiger partial charge in [-0.15, -0.1) is 11.3 Å². The fourth-order valence-electron chi connectivity index (χ4n) is 1.19. The van der Waals surface area contributed by atoms with E-state index in [1.807, 2.05) is 0 Å². The number of carbonyl (C=O) groups is 1. The molecule has 2 aromatic heterocycles. The molecule has 1 N–H and O–H groups in total. The van der Waals surface area contributed by atoms with Gasteiger partial charge in [-0.3, -0.25) is 9.78 Å². The summed E-state index contributed by atoms with van der Waals surface area (Å²) in [5.74, 6) is -0.246. The monoisotopic (exact) mass is 287 g/mol. The van der Waals surface area contributed by atoms with E-state index in [0.29, 0.717) is 12.1 Å². The molecule has 0 aromatic carbocycles. The fourth-order valence-corrected chi connectivity index (χ4v) is 2.19. The van der Waals surface area contributed by atoms with Crippen LogP contribution in [0.2, 0.25) is 10.3 Å². The van der Waals surface area contributed by atoms with Gasteiger partial charge >= 0.3 is 0 Å². The minimum Gasteiger partial charge on any atom is -0.347 e. The highest BCUT2D eigenvalue weighted by molar-refractivity contribution is 7.09. The lowest BCUT2D eigenvalue weighted by Crippen LogP contribution is -2.22. The molecule has 0 spiro atoms. The topological polar surface area (TPSA) is 54.9 Å². The summed E-state index contributed by atoms with van der Waals surface area (Å²) in [5, 5.41) is 3.13. The van der Waals surface area contributed by atoms with Gasteiger partial charge in [0.2, 0.25) is 0 Å². The molecular formula is C10H7Cl2N3OS. The highest BCUT2D eigenvalue weighted by Gasteiger charge is 2.08. The minimum atomic E-state index is -0.246. The van der Waals surface area contributed by atoms with Gasteiger partial charge < -0.3 is 5.32 Å². The van der Waals surface area contributed by atoms with Crippen LogP contribution >= 0.6 is 34.5 Å². The molecule has 2 aromatic rings. The van der Waals surface area contributed by atoms with Crippen molar-refractivity contribution in [3.8, 4) is 0 Å². The molecule has 0 saturated heterocycles. The molecule has 0 radical (unpaired) electrons. The Hall–Kier alpha value is -1.17. The van der Waals surface area contributed by atoms with Crippen LogP contribution in [0.25, 0.3) is 0 Å². The number of thiazole rings is 1. The van der Waals surface area contributed by atoms with E-state index in [4.69, 9.17) is 23.2 Å². The highest BCUT2D eigenvalue weighted by Crippen LogP contribution is 2.14. The summed E-state index contributed by atoms with van der Waals surface area (Å²) in [6, 6.07) is 2.94. The fraction of sp³-hybridized carbons (Fsp3) is 0.100. The summed E-state index contributed by atoms with van der Waals surface area (Å²) in [5.41, 5.74) is 2.10. The lowest BCUT2D eigenvalue weighted by Gasteiger charge is -2.04. The van der Waals surface area contributed by atoms with Crippen molar-refractivity contribution in [1.82, 2.24) is 15.3 Å². The van der Waals surface area contributed by atoms with Gasteiger partial charge in [0.15, 0.2) is 0 Å². The molecule has 88 valence electrons. The van der Waals surface area contributed by atoms with Gasteiger partial charge in [0.1, 0.15) is 10.3 Å². The number of hydrogen-bond acceptors (Lipinski definition) is 4. The Morgan fingerprint density at radius 1 is 1.35 bits per heavy atom. The van der Waals surface area contributed by atoms with Gasteiger partial charge in [-0.1, -0.05) is 23.2 Å². The minimum absolute atomic E-state index is 0.195. The Kier molecular flexibility index (Phi) is 3.93. The van der Waals surface area contributed by atoms with Gasteiger partial charge in [0.05, 0.1) is 12.1 Å². The summed E-state index contributed by atoms with van der Waals surface area (Å²) in [6.07, 6.45) is 1.71. The highest BCUT2D eigenvalue weighted by atomic mass is 35.5. The number of amides is 1. The van der Waals surface area contributed by atoms with E-state index in [1.165, 1.54) is 23.5 Å². The molecule has 0 aliphatic rings. The predicted molar refractivity (Wildman–Crippen MR) is 67.5 cm³/mol. The molecule has 2 rings (SSSR count). The van der Waals surface area contributed by atoms with Crippen molar-refractivity contribution in [3.05, 3.63) is 44.6 Å². The maximum atomic E-state index is 11.8. The average Bonchev–Trinajstić information content (AvgIpc) is 2.77. The number of hydrogen-bond donors (Lipinski definition) is 1. The Labute approximate surface area is 112 Å². The summed E-state index contributed by atoms with van der Waals surface area (Å²) >= 11 is 12.9. The predicted octanol–water partition coefficient (Wildman–Crippen LogP) is 2.77. The smallest absolute Gasteiger partial charge is 0.251 e. The quantitative estimate of drug-likeness (QED) is 0.884. The van der Waals surface area contributed by atoms with Crippen molar-refractivity contribution in [2.75, 3.05) is 0 Å². The standard InChI is InChI=1S/C10H7Cl2N3OS/c11-8-1-6(2-9(12)15-8)10(16)14-4-7-3-13-5-17-7/h1-3,5H,4H2,(H,14,16). The summed E-state index contributed by atoms with van der Waals surface area (Å²) in [6.45, 7) is 0.432. The molecule has 0 bridgehead atoms. The lowest BCUT2D eigenvalue weighted by atomic mass is 10.2. The summed E-state index contributed by atoms with van der Waals surface area (Å²) in [7, 11) is 0. The molecule has 0 fully saturated rings. The van der Waals surface area contributed by atoms with Gasteiger partial charge in [0, 0.05) is 16.6 Å². The van der Waals surface area contributed by atoms with Gasteiger partial charge in [-0.25, -0.2) is 4.98 Å². The third kappa shape index (κ3) is 3.39. The normalized spacial score (nSPS) is 10.2. The van der Waals surface area contributed by atoms with Gasteiger partial charge in [0.25, 0.3) is 5.91 Å². The number of pyridine rings is 1. The first-order valence-electron chi connectivity index (χ1n) is 4.64. The van der Waals surface area contributed by atoms with E-state index in [-0.39, 0.29) is 16.2 Å². The summed E-state index contributed by atoms with van der Waals surface area (Å²) in [4.78, 5) is 20.4. The van der Waals surface area contributed by atoms with E-state index < -0.39 is 0 Å². The Morgan fingerprint density at radius 2 is 2.06 bits per heavy atom. The molecule has 17 heavy (non-hydrogen) atoms. The van der Waals surface area contributed by atoms with Crippen molar-refractivity contribution in [2.24, 2.45) is 0 Å². The number of aromatic nitrogens is 2. The number of carbonyl (C=O) groups excluding carboxylic acids is 1. The van der Waals surface area contributed by atoms with Crippen molar-refractivity contribution in [1.29, 1.82) is 0 Å². The largest absolute Gasteiger partial charge is 0.347 e. The molecule has 0 aliphatic carbocycles. The molecule has 0 unspecified atom stereocenters. The molecule has 1 amide bonds. The Morgan fingerprint density at radius 3 is 2.65 bits per heavy atom. The lowest BCUT2D eigenvalue weighted by molar-refractivity contribution is 0.0951. The molecule has 0 atom stereocenters. The van der Waals surface area contributed by atoms with E-state index in [9.17, 15) is 4.79 Å². The number of nitrogens with zero attached hydrogens (tertiary/aromatic N) is 2. The van der Waals surface area contributed by atoms with Gasteiger partial charge in [-0.05, 0) is 12.1 Å². The zero-order valence-corrected chi connectivity index (χ0v) is 10.8. The third-order valence-corrected chi connectivity index (χ3v) is 3.10. The third-order valence-electron chi connectivity index (χ3n) is 1.93. The van der Waals surface area contributed by atoms with Crippen molar-refractivity contribution < 1.29 is 4.79 Å². The van der Waals surface area contributed by atoms with Gasteiger partial charge in [-0.2, -0.15) is 0 Å². The Bertz CT molecular complexity index is 510. The molecule has 0 aliphatic heterocycles. The zero-order valence-electron chi connectivity index (χ0n) is 8.48.